The molecule has 0 heterocycles. The zero-order chi connectivity index (χ0) is 29.4. The molecule has 0 radical (unpaired) electrons. The highest BCUT2D eigenvalue weighted by atomic mass is 16.6. The molecule has 0 atom stereocenters. The molecule has 7 heteroatoms. The zero-order valence-corrected chi connectivity index (χ0v) is 24.6. The highest BCUT2D eigenvalue weighted by Crippen LogP contribution is 2.22. The number of allylic oxidation sites excluding steroid dienone is 1. The molecule has 1 N–H and O–H groups in total. The number of nitro benzene ring substituents is 1. The van der Waals surface area contributed by atoms with Crippen LogP contribution in [0.25, 0.3) is 0 Å². The minimum Gasteiger partial charge on any atom is -0.322 e. The summed E-state index contributed by atoms with van der Waals surface area (Å²) in [4.78, 5) is 27.5. The Kier molecular flexibility index (Phi) is 25.2. The summed E-state index contributed by atoms with van der Waals surface area (Å²) < 4.78 is 0. The first-order valence-electron chi connectivity index (χ1n) is 12.8. The lowest BCUT2D eigenvalue weighted by atomic mass is 10.1. The molecule has 0 spiro atoms. The monoisotopic (exact) mass is 514 g/mol. The van der Waals surface area contributed by atoms with E-state index in [2.05, 4.69) is 55.9 Å². The molecule has 0 bridgehead atoms. The first-order valence-corrected chi connectivity index (χ1v) is 12.8. The average molecular weight is 515 g/mol. The van der Waals surface area contributed by atoms with Gasteiger partial charge in [0.1, 0.15) is 0 Å². The van der Waals surface area contributed by atoms with Crippen LogP contribution < -0.4 is 5.32 Å². The molecule has 2 aromatic rings. The Morgan fingerprint density at radius 3 is 1.95 bits per heavy atom. The smallest absolute Gasteiger partial charge is 0.274 e. The van der Waals surface area contributed by atoms with E-state index in [0.717, 1.165) is 31.7 Å². The van der Waals surface area contributed by atoms with Crippen LogP contribution in [0.3, 0.4) is 0 Å². The second-order valence-electron chi connectivity index (χ2n) is 7.45. The van der Waals surface area contributed by atoms with Crippen molar-refractivity contribution in [3.63, 3.8) is 0 Å². The Morgan fingerprint density at radius 1 is 1.00 bits per heavy atom. The van der Waals surface area contributed by atoms with Crippen molar-refractivity contribution in [2.75, 3.05) is 39.0 Å². The summed E-state index contributed by atoms with van der Waals surface area (Å²) in [7, 11) is 4.18. The third-order valence-electron chi connectivity index (χ3n) is 4.74. The molecule has 2 rings (SSSR count). The number of aryl methyl sites for hydroxylation is 1. The second-order valence-corrected chi connectivity index (χ2v) is 7.45. The van der Waals surface area contributed by atoms with E-state index in [0.29, 0.717) is 16.8 Å². The highest BCUT2D eigenvalue weighted by molar-refractivity contribution is 6.04. The number of anilines is 1. The fourth-order valence-corrected chi connectivity index (χ4v) is 2.74. The molecule has 0 aromatic heterocycles. The van der Waals surface area contributed by atoms with Crippen molar-refractivity contribution in [2.45, 2.75) is 55.0 Å². The lowest BCUT2D eigenvalue weighted by Crippen LogP contribution is -2.30. The predicted octanol–water partition coefficient (Wildman–Crippen LogP) is 7.59. The number of nitrogens with zero attached hydrogens (tertiary/aromatic N) is 3. The molecule has 0 fully saturated rings. The molecule has 0 aliphatic carbocycles. The van der Waals surface area contributed by atoms with Gasteiger partial charge in [0.15, 0.2) is 0 Å². The fourth-order valence-electron chi connectivity index (χ4n) is 2.74. The summed E-state index contributed by atoms with van der Waals surface area (Å²) in [6, 6.07) is 12.1. The first-order chi connectivity index (χ1) is 17.7. The summed E-state index contributed by atoms with van der Waals surface area (Å²) >= 11 is 0. The number of benzene rings is 2. The van der Waals surface area contributed by atoms with Crippen LogP contribution in [0.4, 0.5) is 11.4 Å². The largest absolute Gasteiger partial charge is 0.322 e. The number of nitrogens with one attached hydrogen (secondary N) is 1. The lowest BCUT2D eigenvalue weighted by molar-refractivity contribution is -0.385. The van der Waals surface area contributed by atoms with E-state index in [1.54, 1.807) is 37.3 Å². The van der Waals surface area contributed by atoms with Gasteiger partial charge in [-0.05, 0) is 58.3 Å². The van der Waals surface area contributed by atoms with E-state index < -0.39 is 4.92 Å². The normalized spacial score (nSPS) is 9.16. The molecule has 208 valence electrons. The van der Waals surface area contributed by atoms with Crippen LogP contribution >= 0.6 is 0 Å². The van der Waals surface area contributed by atoms with Crippen molar-refractivity contribution >= 4 is 17.3 Å². The van der Waals surface area contributed by atoms with Crippen LogP contribution in [0.1, 0.15) is 63.0 Å². The van der Waals surface area contributed by atoms with Crippen LogP contribution in [-0.4, -0.2) is 54.4 Å². The Balaban J connectivity index is -0.00000114. The van der Waals surface area contributed by atoms with Gasteiger partial charge in [-0.25, -0.2) is 0 Å². The van der Waals surface area contributed by atoms with Gasteiger partial charge in [0.05, 0.1) is 4.92 Å². The van der Waals surface area contributed by atoms with Crippen molar-refractivity contribution in [1.82, 2.24) is 9.80 Å². The molecule has 0 aliphatic heterocycles. The third kappa shape index (κ3) is 16.9. The van der Waals surface area contributed by atoms with Gasteiger partial charge in [0.2, 0.25) is 0 Å². The number of hydrogen-bond acceptors (Lipinski definition) is 5. The van der Waals surface area contributed by atoms with Crippen molar-refractivity contribution in [2.24, 2.45) is 0 Å². The summed E-state index contributed by atoms with van der Waals surface area (Å²) in [6.45, 7) is 26.9. The molecule has 0 saturated heterocycles. The molecule has 37 heavy (non-hydrogen) atoms. The molecule has 0 unspecified atom stereocenters. The highest BCUT2D eigenvalue weighted by Gasteiger charge is 2.13. The van der Waals surface area contributed by atoms with E-state index in [4.69, 9.17) is 0 Å². The van der Waals surface area contributed by atoms with E-state index in [1.165, 1.54) is 6.07 Å². The van der Waals surface area contributed by atoms with Crippen LogP contribution in [0.5, 0.6) is 0 Å². The number of nitro groups is 1. The van der Waals surface area contributed by atoms with Crippen LogP contribution in [-0.2, 0) is 6.54 Å². The van der Waals surface area contributed by atoms with Crippen molar-refractivity contribution in [3.8, 4) is 0 Å². The van der Waals surface area contributed by atoms with Crippen molar-refractivity contribution in [3.05, 3.63) is 95.1 Å². The lowest BCUT2D eigenvalue weighted by Gasteiger charge is -2.21. The number of likely N-dealkylation sites (N-methyl/N-ethyl adjacent to an activating group) is 2. The van der Waals surface area contributed by atoms with Crippen LogP contribution in [0.2, 0.25) is 0 Å². The van der Waals surface area contributed by atoms with Gasteiger partial charge in [0, 0.05) is 42.5 Å². The fraction of sp³-hybridized carbons (Fsp3) is 0.433. The van der Waals surface area contributed by atoms with Gasteiger partial charge in [-0.15, -0.1) is 19.7 Å². The number of amides is 1. The summed E-state index contributed by atoms with van der Waals surface area (Å²) in [5, 5.41) is 13.8. The van der Waals surface area contributed by atoms with Gasteiger partial charge < -0.3 is 15.1 Å². The van der Waals surface area contributed by atoms with E-state index in [9.17, 15) is 14.9 Å². The number of carbonyl (C=O) groups is 1. The van der Waals surface area contributed by atoms with E-state index in [-0.39, 0.29) is 11.6 Å². The maximum Gasteiger partial charge on any atom is 0.274 e. The zero-order valence-electron chi connectivity index (χ0n) is 24.6. The molecule has 7 nitrogen and oxygen atoms in total. The van der Waals surface area contributed by atoms with Gasteiger partial charge >= 0.3 is 0 Å². The maximum absolute atomic E-state index is 12.4. The average Bonchev–Trinajstić information content (AvgIpc) is 2.92. The third-order valence-corrected chi connectivity index (χ3v) is 4.74. The predicted molar refractivity (Wildman–Crippen MR) is 162 cm³/mol. The molecule has 0 saturated carbocycles. The Bertz CT molecular complexity index is 883. The Hall–Kier alpha value is -3.29. The van der Waals surface area contributed by atoms with Gasteiger partial charge in [-0.1, -0.05) is 58.9 Å². The van der Waals surface area contributed by atoms with Gasteiger partial charge in [-0.3, -0.25) is 14.9 Å². The number of carbonyl (C=O) groups excluding carboxylic acids is 1. The maximum atomic E-state index is 12.4. The van der Waals surface area contributed by atoms with E-state index in [1.807, 2.05) is 46.8 Å². The Morgan fingerprint density at radius 2 is 1.49 bits per heavy atom. The minimum absolute atomic E-state index is 0.00935. The van der Waals surface area contributed by atoms with Gasteiger partial charge in [-0.2, -0.15) is 0 Å². The molecular formula is C30H50N4O3. The SMILES string of the molecule is C=C.C=CC.CC.CC.CCN(C)CCN(C)Cc1ccc(C(=O)Nc2ccc(C)c([N+](=O)[O-])c2)cc1. The molecule has 1 amide bonds. The molecule has 2 aromatic carbocycles. The summed E-state index contributed by atoms with van der Waals surface area (Å²) in [5.74, 6) is -0.289. The quantitative estimate of drug-likeness (QED) is 0.212. The summed E-state index contributed by atoms with van der Waals surface area (Å²) in [6.07, 6.45) is 1.75. The first kappa shape index (κ1) is 38.2. The molecule has 0 aliphatic rings. The van der Waals surface area contributed by atoms with Crippen LogP contribution in [0, 0.1) is 17.0 Å². The molecular weight excluding hydrogens is 464 g/mol. The van der Waals surface area contributed by atoms with Crippen LogP contribution in [0.15, 0.2) is 68.3 Å². The topological polar surface area (TPSA) is 78.7 Å². The van der Waals surface area contributed by atoms with Crippen molar-refractivity contribution < 1.29 is 9.72 Å². The number of rotatable bonds is 9. The second kappa shape index (κ2) is 24.4. The summed E-state index contributed by atoms with van der Waals surface area (Å²) in [5.41, 5.74) is 2.60. The standard InChI is InChI=1S/C21H28N4O3.C3H6.2C2H6.C2H4/c1-5-23(3)12-13-24(4)15-17-7-9-18(10-8-17)21(26)22-19-11-6-16(2)20(14-19)25(27)28;1-3-2;3*1-2/h6-11,14H,5,12-13,15H2,1-4H3,(H,22,26);3H,1H2,2H3;2*1-2H3;1-2H2. The van der Waals surface area contributed by atoms with Gasteiger partial charge in [0.25, 0.3) is 11.6 Å². The Labute approximate surface area is 226 Å². The van der Waals surface area contributed by atoms with E-state index >= 15 is 0 Å². The minimum atomic E-state index is -0.450. The number of hydrogen-bond donors (Lipinski definition) is 1. The van der Waals surface area contributed by atoms with Crippen molar-refractivity contribution in [1.29, 1.82) is 0 Å².